The molecule has 0 saturated heterocycles. The van der Waals surface area contributed by atoms with Crippen molar-refractivity contribution in [2.45, 2.75) is 6.92 Å². The van der Waals surface area contributed by atoms with E-state index in [9.17, 15) is 4.79 Å². The topological polar surface area (TPSA) is 29.1 Å². The molecule has 2 aromatic rings. The Bertz CT molecular complexity index is 437. The first kappa shape index (κ1) is 13.0. The van der Waals surface area contributed by atoms with Gasteiger partial charge in [0.2, 0.25) is 0 Å². The quantitative estimate of drug-likeness (QED) is 0.794. The molecule has 0 spiro atoms. The summed E-state index contributed by atoms with van der Waals surface area (Å²) >= 11 is 0. The molecule has 0 atom stereocenters. The van der Waals surface area contributed by atoms with Crippen LogP contribution in [0.1, 0.15) is 17.3 Å². The van der Waals surface area contributed by atoms with Gasteiger partial charge in [-0.2, -0.15) is 0 Å². The van der Waals surface area contributed by atoms with Crippen LogP contribution in [0.25, 0.3) is 0 Å². The first-order chi connectivity index (χ1) is 8.24. The van der Waals surface area contributed by atoms with Gasteiger partial charge >= 0.3 is 0 Å². The number of ketones is 1. The molecule has 0 amide bonds. The molecule has 2 rings (SSSR count). The Labute approximate surface area is 102 Å². The van der Waals surface area contributed by atoms with Crippen LogP contribution in [-0.2, 0) is 0 Å². The summed E-state index contributed by atoms with van der Waals surface area (Å²) < 4.78 is 0. The highest BCUT2D eigenvalue weighted by atomic mass is 16.1. The number of nitrogens with one attached hydrogen (secondary N) is 1. The number of rotatable bonds is 2. The van der Waals surface area contributed by atoms with Crippen molar-refractivity contribution in [1.82, 2.24) is 0 Å². The predicted molar refractivity (Wildman–Crippen MR) is 72.4 cm³/mol. The summed E-state index contributed by atoms with van der Waals surface area (Å²) in [6.07, 6.45) is 0. The fraction of sp³-hybridized carbons (Fsp3) is 0.133. The standard InChI is InChI=1S/C8H8O.C7H9N/c1-7(9)8-5-3-2-4-6-8;1-8-7-5-3-2-4-6-7/h2-6H,1H3;2-6,8H,1H3. The fourth-order valence-corrected chi connectivity index (χ4v) is 1.28. The molecule has 0 aliphatic rings. The lowest BCUT2D eigenvalue weighted by molar-refractivity contribution is 0.101. The van der Waals surface area contributed by atoms with Crippen molar-refractivity contribution >= 4 is 11.5 Å². The maximum absolute atomic E-state index is 10.6. The van der Waals surface area contributed by atoms with Crippen LogP contribution in [0.15, 0.2) is 60.7 Å². The number of benzene rings is 2. The number of anilines is 1. The Morgan fingerprint density at radius 2 is 1.35 bits per heavy atom. The number of para-hydroxylation sites is 1. The third-order valence-corrected chi connectivity index (χ3v) is 2.24. The number of carbonyl (C=O) groups excluding carboxylic acids is 1. The Morgan fingerprint density at radius 3 is 1.65 bits per heavy atom. The van der Waals surface area contributed by atoms with Crippen LogP contribution in [0.5, 0.6) is 0 Å². The zero-order chi connectivity index (χ0) is 12.5. The van der Waals surface area contributed by atoms with Gasteiger partial charge in [-0.05, 0) is 19.1 Å². The molecule has 2 aromatic carbocycles. The molecule has 0 fully saturated rings. The lowest BCUT2D eigenvalue weighted by atomic mass is 10.2. The van der Waals surface area contributed by atoms with E-state index in [0.717, 1.165) is 11.3 Å². The van der Waals surface area contributed by atoms with E-state index in [4.69, 9.17) is 0 Å². The number of carbonyl (C=O) groups is 1. The average molecular weight is 227 g/mol. The maximum atomic E-state index is 10.6. The summed E-state index contributed by atoms with van der Waals surface area (Å²) in [5.74, 6) is 0.121. The second-order valence-corrected chi connectivity index (χ2v) is 3.54. The molecule has 17 heavy (non-hydrogen) atoms. The summed E-state index contributed by atoms with van der Waals surface area (Å²) in [7, 11) is 1.91. The summed E-state index contributed by atoms with van der Waals surface area (Å²) in [5.41, 5.74) is 1.94. The third-order valence-electron chi connectivity index (χ3n) is 2.24. The zero-order valence-corrected chi connectivity index (χ0v) is 10.2. The molecule has 2 heteroatoms. The van der Waals surface area contributed by atoms with Crippen LogP contribution in [-0.4, -0.2) is 12.8 Å². The first-order valence-electron chi connectivity index (χ1n) is 5.53. The molecule has 0 saturated carbocycles. The van der Waals surface area contributed by atoms with Crippen LogP contribution in [0.3, 0.4) is 0 Å². The SMILES string of the molecule is CC(=O)c1ccccc1.CNc1ccccc1. The van der Waals surface area contributed by atoms with Crippen LogP contribution in [0.2, 0.25) is 0 Å². The Kier molecular flexibility index (Phi) is 5.52. The molecule has 0 heterocycles. The third kappa shape index (κ3) is 4.98. The highest BCUT2D eigenvalue weighted by molar-refractivity contribution is 5.93. The van der Waals surface area contributed by atoms with Crippen molar-refractivity contribution in [2.24, 2.45) is 0 Å². The molecule has 0 aliphatic heterocycles. The lowest BCUT2D eigenvalue weighted by Crippen LogP contribution is -1.88. The van der Waals surface area contributed by atoms with Crippen molar-refractivity contribution in [2.75, 3.05) is 12.4 Å². The van der Waals surface area contributed by atoms with E-state index in [1.807, 2.05) is 67.7 Å². The molecular weight excluding hydrogens is 210 g/mol. The van der Waals surface area contributed by atoms with Crippen LogP contribution in [0, 0.1) is 0 Å². The van der Waals surface area contributed by atoms with Crippen LogP contribution >= 0.6 is 0 Å². The number of Topliss-reactive ketones (excluding diaryl/α,β-unsaturated/α-hetero) is 1. The number of hydrogen-bond donors (Lipinski definition) is 1. The van der Waals surface area contributed by atoms with E-state index in [-0.39, 0.29) is 5.78 Å². The van der Waals surface area contributed by atoms with E-state index in [1.165, 1.54) is 0 Å². The smallest absolute Gasteiger partial charge is 0.159 e. The molecular formula is C15H17NO. The van der Waals surface area contributed by atoms with E-state index >= 15 is 0 Å². The van der Waals surface area contributed by atoms with Gasteiger partial charge < -0.3 is 5.32 Å². The molecule has 0 bridgehead atoms. The molecule has 2 nitrogen and oxygen atoms in total. The second-order valence-electron chi connectivity index (χ2n) is 3.54. The molecule has 0 aromatic heterocycles. The van der Waals surface area contributed by atoms with Gasteiger partial charge in [-0.1, -0.05) is 48.5 Å². The van der Waals surface area contributed by atoms with Gasteiger partial charge in [-0.3, -0.25) is 4.79 Å². The van der Waals surface area contributed by atoms with Gasteiger partial charge in [0.05, 0.1) is 0 Å². The van der Waals surface area contributed by atoms with Crippen molar-refractivity contribution in [3.8, 4) is 0 Å². The van der Waals surface area contributed by atoms with E-state index in [1.54, 1.807) is 6.92 Å². The highest BCUT2D eigenvalue weighted by Crippen LogP contribution is 2.01. The molecule has 1 N–H and O–H groups in total. The maximum Gasteiger partial charge on any atom is 0.159 e. The van der Waals surface area contributed by atoms with Crippen LogP contribution in [0.4, 0.5) is 5.69 Å². The van der Waals surface area contributed by atoms with Crippen molar-refractivity contribution < 1.29 is 4.79 Å². The van der Waals surface area contributed by atoms with Gasteiger partial charge in [0, 0.05) is 18.3 Å². The fourth-order valence-electron chi connectivity index (χ4n) is 1.28. The van der Waals surface area contributed by atoms with Crippen molar-refractivity contribution in [3.63, 3.8) is 0 Å². The van der Waals surface area contributed by atoms with Gasteiger partial charge in [0.25, 0.3) is 0 Å². The largest absolute Gasteiger partial charge is 0.388 e. The minimum absolute atomic E-state index is 0.121. The van der Waals surface area contributed by atoms with Gasteiger partial charge in [-0.25, -0.2) is 0 Å². The summed E-state index contributed by atoms with van der Waals surface area (Å²) in [4.78, 5) is 10.6. The first-order valence-corrected chi connectivity index (χ1v) is 5.53. The Hall–Kier alpha value is -2.09. The van der Waals surface area contributed by atoms with Crippen molar-refractivity contribution in [1.29, 1.82) is 0 Å². The Morgan fingerprint density at radius 1 is 0.882 bits per heavy atom. The molecule has 0 radical (unpaired) electrons. The number of hydrogen-bond acceptors (Lipinski definition) is 2. The molecule has 88 valence electrons. The zero-order valence-electron chi connectivity index (χ0n) is 10.2. The Balaban J connectivity index is 0.000000171. The lowest BCUT2D eigenvalue weighted by Gasteiger charge is -1.94. The van der Waals surface area contributed by atoms with Crippen molar-refractivity contribution in [3.05, 3.63) is 66.2 Å². The minimum Gasteiger partial charge on any atom is -0.388 e. The van der Waals surface area contributed by atoms with E-state index in [2.05, 4.69) is 5.32 Å². The minimum atomic E-state index is 0.121. The predicted octanol–water partition coefficient (Wildman–Crippen LogP) is 3.62. The molecule has 0 aliphatic carbocycles. The van der Waals surface area contributed by atoms with Crippen LogP contribution < -0.4 is 5.32 Å². The van der Waals surface area contributed by atoms with Gasteiger partial charge in [0.1, 0.15) is 0 Å². The van der Waals surface area contributed by atoms with E-state index in [0.29, 0.717) is 0 Å². The summed E-state index contributed by atoms with van der Waals surface area (Å²) in [6, 6.07) is 19.3. The summed E-state index contributed by atoms with van der Waals surface area (Å²) in [6.45, 7) is 1.56. The molecule has 0 unspecified atom stereocenters. The summed E-state index contributed by atoms with van der Waals surface area (Å²) in [5, 5.41) is 3.03. The highest BCUT2D eigenvalue weighted by Gasteiger charge is 1.92. The normalized spacial score (nSPS) is 8.82. The monoisotopic (exact) mass is 227 g/mol. The van der Waals surface area contributed by atoms with Gasteiger partial charge in [-0.15, -0.1) is 0 Å². The van der Waals surface area contributed by atoms with Gasteiger partial charge in [0.15, 0.2) is 5.78 Å². The van der Waals surface area contributed by atoms with E-state index < -0.39 is 0 Å². The second kappa shape index (κ2) is 7.23. The average Bonchev–Trinajstić information content (AvgIpc) is 2.41.